The second-order valence-electron chi connectivity index (χ2n) is 9.60. The molecule has 0 aliphatic carbocycles. The highest BCUT2D eigenvalue weighted by atomic mass is 16.7. The summed E-state index contributed by atoms with van der Waals surface area (Å²) in [6.07, 6.45) is 0.218. The summed E-state index contributed by atoms with van der Waals surface area (Å²) in [6.45, 7) is 16.3. The third-order valence-electron chi connectivity index (χ3n) is 5.30. The quantitative estimate of drug-likeness (QED) is 0.183. The highest BCUT2D eigenvalue weighted by Crippen LogP contribution is 2.37. The monoisotopic (exact) mass is 482 g/mol. The summed E-state index contributed by atoms with van der Waals surface area (Å²) in [4.78, 5) is 29.5. The molecule has 0 spiro atoms. The molecular formula is C28H38N2O5. The van der Waals surface area contributed by atoms with Crippen molar-refractivity contribution in [3.63, 3.8) is 0 Å². The van der Waals surface area contributed by atoms with Gasteiger partial charge in [-0.2, -0.15) is 5.06 Å². The van der Waals surface area contributed by atoms with E-state index in [0.29, 0.717) is 11.7 Å². The van der Waals surface area contributed by atoms with Crippen molar-refractivity contribution < 1.29 is 23.9 Å². The molecule has 2 atom stereocenters. The SMILES string of the molecule is C=CC(=O)OCCNC(=O)Oc1ccc(C(C)ON(C(c2ccccc2)C(C)C)C(C)(C)C)cc1. The molecule has 0 bridgehead atoms. The molecule has 35 heavy (non-hydrogen) atoms. The van der Waals surface area contributed by atoms with E-state index in [1.165, 1.54) is 5.56 Å². The van der Waals surface area contributed by atoms with Gasteiger partial charge >= 0.3 is 12.1 Å². The second-order valence-corrected chi connectivity index (χ2v) is 9.60. The minimum Gasteiger partial charge on any atom is -0.461 e. The van der Waals surface area contributed by atoms with Crippen molar-refractivity contribution in [3.8, 4) is 5.75 Å². The van der Waals surface area contributed by atoms with Crippen LogP contribution in [0, 0.1) is 5.92 Å². The molecule has 0 fully saturated rings. The number of hydrogen-bond acceptors (Lipinski definition) is 6. The highest BCUT2D eigenvalue weighted by molar-refractivity contribution is 5.81. The third kappa shape index (κ3) is 8.85. The maximum absolute atomic E-state index is 11.9. The van der Waals surface area contributed by atoms with E-state index >= 15 is 0 Å². The summed E-state index contributed by atoms with van der Waals surface area (Å²) in [6, 6.07) is 17.7. The number of benzene rings is 2. The Labute approximate surface area is 209 Å². The van der Waals surface area contributed by atoms with E-state index in [1.807, 2.05) is 25.1 Å². The Balaban J connectivity index is 2.03. The fourth-order valence-electron chi connectivity index (χ4n) is 3.63. The van der Waals surface area contributed by atoms with Gasteiger partial charge < -0.3 is 14.8 Å². The normalized spacial score (nSPS) is 13.3. The Morgan fingerprint density at radius 2 is 1.63 bits per heavy atom. The van der Waals surface area contributed by atoms with Gasteiger partial charge in [-0.05, 0) is 56.9 Å². The summed E-state index contributed by atoms with van der Waals surface area (Å²) < 4.78 is 10.1. The third-order valence-corrected chi connectivity index (χ3v) is 5.30. The first-order valence-corrected chi connectivity index (χ1v) is 11.9. The molecule has 1 N–H and O–H groups in total. The van der Waals surface area contributed by atoms with Crippen LogP contribution in [0.1, 0.15) is 64.8 Å². The minimum absolute atomic E-state index is 0.0401. The van der Waals surface area contributed by atoms with Crippen LogP contribution in [0.4, 0.5) is 4.79 Å². The van der Waals surface area contributed by atoms with Gasteiger partial charge in [-0.1, -0.05) is 62.9 Å². The van der Waals surface area contributed by atoms with Crippen LogP contribution in [0.3, 0.4) is 0 Å². The number of rotatable bonds is 11. The number of hydrogen-bond donors (Lipinski definition) is 1. The van der Waals surface area contributed by atoms with Gasteiger partial charge in [0.1, 0.15) is 18.5 Å². The molecule has 7 heteroatoms. The van der Waals surface area contributed by atoms with E-state index in [1.54, 1.807) is 12.1 Å². The van der Waals surface area contributed by atoms with E-state index < -0.39 is 12.1 Å². The predicted octanol–water partition coefficient (Wildman–Crippen LogP) is 5.99. The fraction of sp³-hybridized carbons (Fsp3) is 0.429. The lowest BCUT2D eigenvalue weighted by molar-refractivity contribution is -0.272. The first-order chi connectivity index (χ1) is 16.5. The van der Waals surface area contributed by atoms with Crippen LogP contribution in [0.5, 0.6) is 5.75 Å². The number of hydroxylamine groups is 2. The Bertz CT molecular complexity index is 952. The molecule has 2 rings (SSSR count). The molecule has 2 unspecified atom stereocenters. The van der Waals surface area contributed by atoms with Crippen molar-refractivity contribution in [2.45, 2.75) is 59.2 Å². The zero-order valence-corrected chi connectivity index (χ0v) is 21.6. The average molecular weight is 483 g/mol. The molecule has 2 aromatic rings. The molecule has 0 saturated heterocycles. The number of amides is 1. The Hall–Kier alpha value is -3.16. The zero-order chi connectivity index (χ0) is 26.0. The van der Waals surface area contributed by atoms with Crippen molar-refractivity contribution in [2.75, 3.05) is 13.2 Å². The van der Waals surface area contributed by atoms with Gasteiger partial charge in [0.15, 0.2) is 0 Å². The van der Waals surface area contributed by atoms with Crippen molar-refractivity contribution in [2.24, 2.45) is 5.92 Å². The summed E-state index contributed by atoms with van der Waals surface area (Å²) in [5.74, 6) is 0.192. The highest BCUT2D eigenvalue weighted by Gasteiger charge is 2.34. The molecule has 0 heterocycles. The Morgan fingerprint density at radius 3 is 2.17 bits per heavy atom. The summed E-state index contributed by atoms with van der Waals surface area (Å²) in [5.41, 5.74) is 1.93. The number of ether oxygens (including phenoxy) is 2. The van der Waals surface area contributed by atoms with E-state index in [9.17, 15) is 9.59 Å². The van der Waals surface area contributed by atoms with Crippen LogP contribution < -0.4 is 10.1 Å². The van der Waals surface area contributed by atoms with Crippen LogP contribution in [0.2, 0.25) is 0 Å². The van der Waals surface area contributed by atoms with Crippen molar-refractivity contribution in [3.05, 3.63) is 78.4 Å². The van der Waals surface area contributed by atoms with Gasteiger partial charge in [0.2, 0.25) is 0 Å². The van der Waals surface area contributed by atoms with Gasteiger partial charge in [-0.15, -0.1) is 0 Å². The zero-order valence-electron chi connectivity index (χ0n) is 21.6. The first kappa shape index (κ1) is 28.1. The van der Waals surface area contributed by atoms with Gasteiger partial charge in [-0.25, -0.2) is 9.59 Å². The topological polar surface area (TPSA) is 77.1 Å². The second kappa shape index (κ2) is 13.1. The fourth-order valence-corrected chi connectivity index (χ4v) is 3.63. The molecule has 2 aromatic carbocycles. The minimum atomic E-state index is -0.627. The maximum Gasteiger partial charge on any atom is 0.412 e. The van der Waals surface area contributed by atoms with Gasteiger partial charge in [0.05, 0.1) is 12.6 Å². The summed E-state index contributed by atoms with van der Waals surface area (Å²) in [7, 11) is 0. The molecular weight excluding hydrogens is 444 g/mol. The Kier molecular flexibility index (Phi) is 10.5. The largest absolute Gasteiger partial charge is 0.461 e. The van der Waals surface area contributed by atoms with Crippen LogP contribution in [-0.2, 0) is 14.4 Å². The van der Waals surface area contributed by atoms with Crippen molar-refractivity contribution in [1.29, 1.82) is 0 Å². The van der Waals surface area contributed by atoms with Gasteiger partial charge in [0.25, 0.3) is 0 Å². The van der Waals surface area contributed by atoms with Crippen LogP contribution >= 0.6 is 0 Å². The predicted molar refractivity (Wildman–Crippen MR) is 137 cm³/mol. The summed E-state index contributed by atoms with van der Waals surface area (Å²) >= 11 is 0. The van der Waals surface area contributed by atoms with Crippen LogP contribution in [0.25, 0.3) is 0 Å². The van der Waals surface area contributed by atoms with Crippen molar-refractivity contribution in [1.82, 2.24) is 10.4 Å². The lowest BCUT2D eigenvalue weighted by Crippen LogP contribution is -2.46. The van der Waals surface area contributed by atoms with E-state index in [0.717, 1.165) is 11.6 Å². The molecule has 190 valence electrons. The number of carbonyl (C=O) groups is 2. The molecule has 0 aliphatic rings. The number of esters is 1. The first-order valence-electron chi connectivity index (χ1n) is 11.9. The lowest BCUT2D eigenvalue weighted by Gasteiger charge is -2.44. The standard InChI is InChI=1S/C28H38N2O5/c1-8-25(31)33-19-18-29-27(32)34-24-16-14-22(15-17-24)21(4)35-30(28(5,6)7)26(20(2)3)23-12-10-9-11-13-23/h8-17,20-21,26H,1,18-19H2,2-7H3,(H,29,32). The number of nitrogens with zero attached hydrogens (tertiary/aromatic N) is 1. The maximum atomic E-state index is 11.9. The molecule has 0 saturated carbocycles. The van der Waals surface area contributed by atoms with E-state index in [2.05, 4.69) is 75.8 Å². The smallest absolute Gasteiger partial charge is 0.412 e. The van der Waals surface area contributed by atoms with E-state index in [4.69, 9.17) is 14.3 Å². The van der Waals surface area contributed by atoms with Crippen LogP contribution in [0.15, 0.2) is 67.3 Å². The van der Waals surface area contributed by atoms with E-state index in [-0.39, 0.29) is 30.8 Å². The lowest BCUT2D eigenvalue weighted by atomic mass is 9.92. The number of carbonyl (C=O) groups excluding carboxylic acids is 2. The average Bonchev–Trinajstić information content (AvgIpc) is 2.81. The van der Waals surface area contributed by atoms with Crippen LogP contribution in [-0.4, -0.2) is 35.8 Å². The summed E-state index contributed by atoms with van der Waals surface area (Å²) in [5, 5.41) is 4.62. The Morgan fingerprint density at radius 1 is 1.00 bits per heavy atom. The molecule has 0 radical (unpaired) electrons. The van der Waals surface area contributed by atoms with Gasteiger partial charge in [0, 0.05) is 11.6 Å². The number of nitrogens with one attached hydrogen (secondary N) is 1. The molecule has 1 amide bonds. The van der Waals surface area contributed by atoms with Crippen molar-refractivity contribution >= 4 is 12.1 Å². The molecule has 7 nitrogen and oxygen atoms in total. The molecule has 0 aliphatic heterocycles. The molecule has 0 aromatic heterocycles. The van der Waals surface area contributed by atoms with Gasteiger partial charge in [-0.3, -0.25) is 4.84 Å².